The second-order valence-electron chi connectivity index (χ2n) is 6.50. The van der Waals surface area contributed by atoms with Gasteiger partial charge in [0.05, 0.1) is 19.0 Å². The Balaban J connectivity index is 1.52. The molecule has 2 saturated heterocycles. The monoisotopic (exact) mass is 348 g/mol. The van der Waals surface area contributed by atoms with Gasteiger partial charge >= 0.3 is 0 Å². The van der Waals surface area contributed by atoms with Crippen LogP contribution in [-0.2, 0) is 14.8 Å². The van der Waals surface area contributed by atoms with Gasteiger partial charge in [-0.3, -0.25) is 4.90 Å². The first-order chi connectivity index (χ1) is 10.7. The van der Waals surface area contributed by atoms with Crippen LogP contribution < -0.4 is 0 Å². The molecule has 7 heteroatoms. The van der Waals surface area contributed by atoms with E-state index in [0.717, 1.165) is 51.4 Å². The van der Waals surface area contributed by atoms with Crippen LogP contribution in [0.4, 0.5) is 0 Å². The van der Waals surface area contributed by atoms with Crippen LogP contribution in [0.1, 0.15) is 32.1 Å². The van der Waals surface area contributed by atoms with Crippen LogP contribution in [0.2, 0.25) is 0 Å². The molecule has 0 aromatic heterocycles. The SMILES string of the molecule is O=S(=O)(CCCN1CCOCC1)N1CCSC2CCCCC21. The van der Waals surface area contributed by atoms with Crippen LogP contribution in [0.3, 0.4) is 0 Å². The van der Waals surface area contributed by atoms with E-state index < -0.39 is 10.0 Å². The molecular formula is C15H28N2O3S2. The molecule has 3 fully saturated rings. The summed E-state index contributed by atoms with van der Waals surface area (Å²) in [6.45, 7) is 5.01. The van der Waals surface area contributed by atoms with Crippen molar-refractivity contribution in [2.45, 2.75) is 43.4 Å². The molecule has 2 aliphatic heterocycles. The van der Waals surface area contributed by atoms with Gasteiger partial charge in [0.15, 0.2) is 0 Å². The summed E-state index contributed by atoms with van der Waals surface area (Å²) in [7, 11) is -3.09. The van der Waals surface area contributed by atoms with Crippen LogP contribution in [0.15, 0.2) is 0 Å². The zero-order chi connectivity index (χ0) is 15.4. The van der Waals surface area contributed by atoms with Crippen LogP contribution in [-0.4, -0.2) is 79.8 Å². The normalized spacial score (nSPS) is 31.8. The quantitative estimate of drug-likeness (QED) is 0.752. The van der Waals surface area contributed by atoms with Crippen molar-refractivity contribution in [1.29, 1.82) is 0 Å². The van der Waals surface area contributed by atoms with Crippen molar-refractivity contribution in [2.75, 3.05) is 50.9 Å². The summed E-state index contributed by atoms with van der Waals surface area (Å²) >= 11 is 1.99. The van der Waals surface area contributed by atoms with E-state index in [4.69, 9.17) is 4.74 Å². The average molecular weight is 349 g/mol. The topological polar surface area (TPSA) is 49.9 Å². The Morgan fingerprint density at radius 2 is 1.86 bits per heavy atom. The second kappa shape index (κ2) is 7.83. The Kier molecular flexibility index (Phi) is 6.06. The lowest BCUT2D eigenvalue weighted by Crippen LogP contribution is -2.52. The maximum absolute atomic E-state index is 12.8. The Morgan fingerprint density at radius 1 is 1.09 bits per heavy atom. The van der Waals surface area contributed by atoms with Crippen LogP contribution in [0.5, 0.6) is 0 Å². The zero-order valence-electron chi connectivity index (χ0n) is 13.3. The maximum atomic E-state index is 12.8. The predicted molar refractivity (Wildman–Crippen MR) is 90.9 cm³/mol. The molecule has 22 heavy (non-hydrogen) atoms. The second-order valence-corrected chi connectivity index (χ2v) is 9.88. The van der Waals surface area contributed by atoms with Gasteiger partial charge < -0.3 is 4.74 Å². The third-order valence-electron chi connectivity index (χ3n) is 5.02. The maximum Gasteiger partial charge on any atom is 0.214 e. The number of hydrogen-bond donors (Lipinski definition) is 0. The summed E-state index contributed by atoms with van der Waals surface area (Å²) in [5.74, 6) is 1.27. The van der Waals surface area contributed by atoms with Crippen molar-refractivity contribution in [3.8, 4) is 0 Å². The summed E-state index contributed by atoms with van der Waals surface area (Å²) in [5, 5.41) is 0.538. The summed E-state index contributed by atoms with van der Waals surface area (Å²) in [5.41, 5.74) is 0. The van der Waals surface area contributed by atoms with Crippen molar-refractivity contribution < 1.29 is 13.2 Å². The van der Waals surface area contributed by atoms with Gasteiger partial charge in [-0.1, -0.05) is 12.8 Å². The lowest BCUT2D eigenvalue weighted by molar-refractivity contribution is 0.0380. The van der Waals surface area contributed by atoms with Gasteiger partial charge in [-0.2, -0.15) is 16.1 Å². The van der Waals surface area contributed by atoms with Crippen LogP contribution >= 0.6 is 11.8 Å². The molecule has 2 heterocycles. The summed E-state index contributed by atoms with van der Waals surface area (Å²) < 4.78 is 32.7. The Bertz CT molecular complexity index is 450. The molecule has 3 aliphatic rings. The third kappa shape index (κ3) is 4.17. The minimum absolute atomic E-state index is 0.265. The highest BCUT2D eigenvalue weighted by Crippen LogP contribution is 2.36. The van der Waals surface area contributed by atoms with Crippen LogP contribution in [0.25, 0.3) is 0 Å². The number of morpholine rings is 1. The van der Waals surface area contributed by atoms with Gasteiger partial charge in [-0.25, -0.2) is 8.42 Å². The molecule has 2 atom stereocenters. The molecule has 5 nitrogen and oxygen atoms in total. The smallest absolute Gasteiger partial charge is 0.214 e. The number of ether oxygens (including phenoxy) is 1. The summed E-state index contributed by atoms with van der Waals surface area (Å²) in [4.78, 5) is 2.31. The number of nitrogens with zero attached hydrogens (tertiary/aromatic N) is 2. The minimum Gasteiger partial charge on any atom is -0.379 e. The molecule has 0 spiro atoms. The standard InChI is InChI=1S/C15H28N2O3S2/c18-22(19,13-3-6-16-7-10-20-11-8-16)17-9-12-21-15-5-2-1-4-14(15)17/h14-15H,1-13H2. The van der Waals surface area contributed by atoms with Gasteiger partial charge in [0.25, 0.3) is 0 Å². The fourth-order valence-corrected chi connectivity index (χ4v) is 7.22. The zero-order valence-corrected chi connectivity index (χ0v) is 14.9. The summed E-state index contributed by atoms with van der Waals surface area (Å²) in [6.07, 6.45) is 5.43. The number of thioether (sulfide) groups is 1. The van der Waals surface area contributed by atoms with E-state index in [2.05, 4.69) is 4.90 Å². The molecule has 0 N–H and O–H groups in total. The van der Waals surface area contributed by atoms with Gasteiger partial charge in [-0.15, -0.1) is 0 Å². The summed E-state index contributed by atoms with van der Waals surface area (Å²) in [6, 6.07) is 0.265. The highest BCUT2D eigenvalue weighted by atomic mass is 32.2. The van der Waals surface area contributed by atoms with Gasteiger partial charge in [0, 0.05) is 36.7 Å². The molecule has 0 aromatic carbocycles. The van der Waals surface area contributed by atoms with E-state index in [1.165, 1.54) is 19.3 Å². The number of sulfonamides is 1. The largest absolute Gasteiger partial charge is 0.379 e. The molecule has 1 saturated carbocycles. The fourth-order valence-electron chi connectivity index (χ4n) is 3.82. The van der Waals surface area contributed by atoms with Crippen molar-refractivity contribution in [1.82, 2.24) is 9.21 Å². The highest BCUT2D eigenvalue weighted by molar-refractivity contribution is 8.00. The van der Waals surface area contributed by atoms with Crippen LogP contribution in [0, 0.1) is 0 Å². The Labute approximate surface area is 138 Å². The minimum atomic E-state index is -3.09. The first-order valence-electron chi connectivity index (χ1n) is 8.58. The van der Waals surface area contributed by atoms with E-state index in [1.54, 1.807) is 0 Å². The van der Waals surface area contributed by atoms with E-state index >= 15 is 0 Å². The van der Waals surface area contributed by atoms with Gasteiger partial charge in [0.1, 0.15) is 0 Å². The Hall–Kier alpha value is 0.180. The molecule has 3 rings (SSSR count). The fraction of sp³-hybridized carbons (Fsp3) is 1.00. The lowest BCUT2D eigenvalue weighted by atomic mass is 9.95. The molecule has 0 amide bonds. The van der Waals surface area contributed by atoms with E-state index in [-0.39, 0.29) is 6.04 Å². The predicted octanol–water partition coefficient (Wildman–Crippen LogP) is 1.40. The molecule has 0 bridgehead atoms. The third-order valence-corrected chi connectivity index (χ3v) is 8.39. The molecule has 2 unspecified atom stereocenters. The first kappa shape index (κ1) is 17.0. The van der Waals surface area contributed by atoms with E-state index in [9.17, 15) is 8.42 Å². The van der Waals surface area contributed by atoms with E-state index in [1.807, 2.05) is 16.1 Å². The molecule has 1 aliphatic carbocycles. The molecule has 0 aromatic rings. The lowest BCUT2D eigenvalue weighted by Gasteiger charge is -2.42. The first-order valence-corrected chi connectivity index (χ1v) is 11.2. The van der Waals surface area contributed by atoms with Crippen molar-refractivity contribution in [3.05, 3.63) is 0 Å². The number of rotatable bonds is 5. The van der Waals surface area contributed by atoms with Gasteiger partial charge in [-0.05, 0) is 25.8 Å². The number of fused-ring (bicyclic) bond motifs is 1. The Morgan fingerprint density at radius 3 is 2.68 bits per heavy atom. The molecule has 0 radical (unpaired) electrons. The molecule has 128 valence electrons. The van der Waals surface area contributed by atoms with Gasteiger partial charge in [0.2, 0.25) is 10.0 Å². The number of hydrogen-bond acceptors (Lipinski definition) is 5. The average Bonchev–Trinajstić information content (AvgIpc) is 2.55. The highest BCUT2D eigenvalue weighted by Gasteiger charge is 2.39. The van der Waals surface area contributed by atoms with Crippen molar-refractivity contribution in [2.24, 2.45) is 0 Å². The molecular weight excluding hydrogens is 320 g/mol. The van der Waals surface area contributed by atoms with Crippen molar-refractivity contribution >= 4 is 21.8 Å². The van der Waals surface area contributed by atoms with Crippen molar-refractivity contribution in [3.63, 3.8) is 0 Å². The van der Waals surface area contributed by atoms with E-state index in [0.29, 0.717) is 17.5 Å².